The van der Waals surface area contributed by atoms with Crippen molar-refractivity contribution >= 4 is 11.9 Å². The average molecular weight is 876 g/mol. The van der Waals surface area contributed by atoms with Gasteiger partial charge in [-0.05, 0) is 51.4 Å². The molecule has 3 unspecified atom stereocenters. The third-order valence-electron chi connectivity index (χ3n) is 13.1. The minimum atomic E-state index is -0.781. The van der Waals surface area contributed by atoms with Crippen molar-refractivity contribution in [2.24, 2.45) is 0 Å². The molecule has 0 bridgehead atoms. The Labute approximate surface area is 387 Å². The van der Waals surface area contributed by atoms with Crippen LogP contribution in [0.4, 0.5) is 0 Å². The van der Waals surface area contributed by atoms with E-state index in [0.29, 0.717) is 19.3 Å². The Morgan fingerprint density at radius 3 is 1.15 bits per heavy atom. The van der Waals surface area contributed by atoms with Gasteiger partial charge in [-0.1, -0.05) is 258 Å². The van der Waals surface area contributed by atoms with Gasteiger partial charge in [0.05, 0.1) is 25.2 Å². The van der Waals surface area contributed by atoms with Gasteiger partial charge in [0.15, 0.2) is 0 Å². The van der Waals surface area contributed by atoms with Crippen LogP contribution in [0.3, 0.4) is 0 Å². The van der Waals surface area contributed by atoms with Gasteiger partial charge in [-0.25, -0.2) is 0 Å². The van der Waals surface area contributed by atoms with Gasteiger partial charge in [-0.3, -0.25) is 9.59 Å². The van der Waals surface area contributed by atoms with Crippen molar-refractivity contribution in [2.75, 3.05) is 6.61 Å². The molecule has 0 aliphatic heterocycles. The molecule has 0 rings (SSSR count). The number of carbonyl (C=O) groups excluding carboxylic acids is 2. The number of hydrogen-bond donors (Lipinski definition) is 3. The Morgan fingerprint density at radius 1 is 0.452 bits per heavy atom. The molecular formula is C56H109NO5. The van der Waals surface area contributed by atoms with Crippen LogP contribution in [-0.2, 0) is 14.3 Å². The molecule has 0 aliphatic carbocycles. The lowest BCUT2D eigenvalue weighted by atomic mass is 10.0. The van der Waals surface area contributed by atoms with Crippen molar-refractivity contribution in [1.82, 2.24) is 5.32 Å². The predicted molar refractivity (Wildman–Crippen MR) is 269 cm³/mol. The van der Waals surface area contributed by atoms with E-state index in [1.807, 2.05) is 0 Å². The lowest BCUT2D eigenvalue weighted by Gasteiger charge is -2.24. The molecule has 0 spiro atoms. The summed E-state index contributed by atoms with van der Waals surface area (Å²) < 4.78 is 5.94. The third kappa shape index (κ3) is 45.2. The number of unbranched alkanes of at least 4 members (excludes halogenated alkanes) is 37. The molecular weight excluding hydrogens is 767 g/mol. The molecule has 0 radical (unpaired) electrons. The van der Waals surface area contributed by atoms with Crippen LogP contribution in [0.25, 0.3) is 0 Å². The highest BCUT2D eigenvalue weighted by Crippen LogP contribution is 2.19. The standard InChI is InChI=1S/C56H109NO5/c1-4-7-10-13-16-19-21-23-25-26-27-28-30-32-34-37-40-43-46-49-56(61)62-52(47-44-41-38-35-18-15-12-9-6-3)50-55(60)57-53(51-58)54(59)48-45-42-39-36-33-31-29-24-22-20-17-14-11-8-5-2/h23,25,52-54,58-59H,4-22,24,26-51H2,1-3H3,(H,57,60)/b25-23+. The summed E-state index contributed by atoms with van der Waals surface area (Å²) in [6.07, 6.45) is 57.1. The zero-order valence-electron chi connectivity index (χ0n) is 42.0. The maximum atomic E-state index is 13.2. The Kier molecular flexibility index (Phi) is 49.5. The van der Waals surface area contributed by atoms with Crippen molar-refractivity contribution in [3.8, 4) is 0 Å². The maximum absolute atomic E-state index is 13.2. The summed E-state index contributed by atoms with van der Waals surface area (Å²) in [6, 6.07) is -0.695. The topological polar surface area (TPSA) is 95.9 Å². The second-order valence-corrected chi connectivity index (χ2v) is 19.3. The molecule has 3 N–H and O–H groups in total. The first-order chi connectivity index (χ1) is 30.5. The highest BCUT2D eigenvalue weighted by molar-refractivity contribution is 5.77. The van der Waals surface area contributed by atoms with Gasteiger partial charge in [0.2, 0.25) is 5.91 Å². The van der Waals surface area contributed by atoms with Crippen LogP contribution in [-0.4, -0.2) is 46.9 Å². The molecule has 0 saturated carbocycles. The molecule has 0 aromatic rings. The highest BCUT2D eigenvalue weighted by atomic mass is 16.5. The van der Waals surface area contributed by atoms with Crippen molar-refractivity contribution < 1.29 is 24.5 Å². The minimum Gasteiger partial charge on any atom is -0.462 e. The van der Waals surface area contributed by atoms with Crippen molar-refractivity contribution in [3.63, 3.8) is 0 Å². The number of aliphatic hydroxyl groups is 2. The van der Waals surface area contributed by atoms with Gasteiger partial charge < -0.3 is 20.3 Å². The van der Waals surface area contributed by atoms with Crippen LogP contribution in [0.1, 0.15) is 310 Å². The molecule has 0 fully saturated rings. The largest absolute Gasteiger partial charge is 0.462 e. The summed E-state index contributed by atoms with van der Waals surface area (Å²) in [5.41, 5.74) is 0. The predicted octanol–water partition coefficient (Wildman–Crippen LogP) is 16.9. The van der Waals surface area contributed by atoms with E-state index in [9.17, 15) is 19.8 Å². The Bertz CT molecular complexity index is 939. The number of carbonyl (C=O) groups is 2. The van der Waals surface area contributed by atoms with E-state index in [1.54, 1.807) is 0 Å². The van der Waals surface area contributed by atoms with E-state index in [-0.39, 0.29) is 24.9 Å². The number of ether oxygens (including phenoxy) is 1. The first-order valence-electron chi connectivity index (χ1n) is 27.9. The molecule has 0 aliphatic rings. The summed E-state index contributed by atoms with van der Waals surface area (Å²) >= 11 is 0. The smallest absolute Gasteiger partial charge is 0.306 e. The fraction of sp³-hybridized carbons (Fsp3) is 0.929. The average Bonchev–Trinajstić information content (AvgIpc) is 3.26. The van der Waals surface area contributed by atoms with Crippen molar-refractivity contribution in [1.29, 1.82) is 0 Å². The molecule has 0 aromatic carbocycles. The molecule has 0 saturated heterocycles. The molecule has 62 heavy (non-hydrogen) atoms. The van der Waals surface area contributed by atoms with Gasteiger partial charge in [-0.2, -0.15) is 0 Å². The Morgan fingerprint density at radius 2 is 0.774 bits per heavy atom. The van der Waals surface area contributed by atoms with Gasteiger partial charge in [-0.15, -0.1) is 0 Å². The second kappa shape index (κ2) is 50.6. The minimum absolute atomic E-state index is 0.0837. The SMILES string of the molecule is CCCCCCCC/C=C/CCCCCCCCCCCC(=O)OC(CCCCCCCCCCC)CC(=O)NC(CO)C(O)CCCCCCCCCCCCCCCCC. The van der Waals surface area contributed by atoms with E-state index in [2.05, 4.69) is 38.2 Å². The molecule has 6 nitrogen and oxygen atoms in total. The van der Waals surface area contributed by atoms with Crippen LogP contribution in [0.15, 0.2) is 12.2 Å². The lowest BCUT2D eigenvalue weighted by Crippen LogP contribution is -2.46. The van der Waals surface area contributed by atoms with E-state index in [1.165, 1.54) is 218 Å². The molecule has 0 heterocycles. The van der Waals surface area contributed by atoms with Gasteiger partial charge in [0.1, 0.15) is 6.10 Å². The summed E-state index contributed by atoms with van der Waals surface area (Å²) in [5, 5.41) is 23.8. The van der Waals surface area contributed by atoms with Gasteiger partial charge in [0.25, 0.3) is 0 Å². The van der Waals surface area contributed by atoms with Gasteiger partial charge in [0, 0.05) is 6.42 Å². The number of aliphatic hydroxyl groups excluding tert-OH is 2. The zero-order valence-corrected chi connectivity index (χ0v) is 42.0. The number of nitrogens with one attached hydrogen (secondary N) is 1. The first-order valence-corrected chi connectivity index (χ1v) is 27.9. The fourth-order valence-corrected chi connectivity index (χ4v) is 8.84. The summed E-state index contributed by atoms with van der Waals surface area (Å²) in [4.78, 5) is 26.1. The van der Waals surface area contributed by atoms with Crippen molar-refractivity contribution in [2.45, 2.75) is 328 Å². The quantitative estimate of drug-likeness (QED) is 0.0321. The third-order valence-corrected chi connectivity index (χ3v) is 13.1. The monoisotopic (exact) mass is 876 g/mol. The zero-order chi connectivity index (χ0) is 45.2. The maximum Gasteiger partial charge on any atom is 0.306 e. The van der Waals surface area contributed by atoms with Gasteiger partial charge >= 0.3 is 5.97 Å². The number of hydrogen-bond acceptors (Lipinski definition) is 5. The fourth-order valence-electron chi connectivity index (χ4n) is 8.84. The molecule has 6 heteroatoms. The summed E-state index contributed by atoms with van der Waals surface area (Å²) in [5.74, 6) is -0.458. The van der Waals surface area contributed by atoms with Crippen LogP contribution < -0.4 is 5.32 Å². The van der Waals surface area contributed by atoms with E-state index in [4.69, 9.17) is 4.74 Å². The summed E-state index contributed by atoms with van der Waals surface area (Å²) in [6.45, 7) is 6.50. The van der Waals surface area contributed by atoms with Crippen LogP contribution >= 0.6 is 0 Å². The summed E-state index contributed by atoms with van der Waals surface area (Å²) in [7, 11) is 0. The number of rotatable bonds is 51. The molecule has 0 aromatic heterocycles. The Hall–Kier alpha value is -1.40. The molecule has 368 valence electrons. The number of amides is 1. The van der Waals surface area contributed by atoms with Crippen LogP contribution in [0.2, 0.25) is 0 Å². The van der Waals surface area contributed by atoms with Crippen LogP contribution in [0, 0.1) is 0 Å². The van der Waals surface area contributed by atoms with E-state index < -0.39 is 18.2 Å². The molecule has 1 amide bonds. The first kappa shape index (κ1) is 60.6. The second-order valence-electron chi connectivity index (χ2n) is 19.3. The highest BCUT2D eigenvalue weighted by Gasteiger charge is 2.24. The van der Waals surface area contributed by atoms with Crippen LogP contribution in [0.5, 0.6) is 0 Å². The Balaban J connectivity index is 4.36. The van der Waals surface area contributed by atoms with E-state index >= 15 is 0 Å². The van der Waals surface area contributed by atoms with Crippen molar-refractivity contribution in [3.05, 3.63) is 12.2 Å². The van der Waals surface area contributed by atoms with E-state index in [0.717, 1.165) is 44.9 Å². The number of allylic oxidation sites excluding steroid dienone is 2. The number of esters is 1. The lowest BCUT2D eigenvalue weighted by molar-refractivity contribution is -0.151. The molecule has 3 atom stereocenters. The normalized spacial score (nSPS) is 13.2.